The van der Waals surface area contributed by atoms with Crippen molar-refractivity contribution in [2.24, 2.45) is 0 Å². The maximum absolute atomic E-state index is 13.2. The van der Waals surface area contributed by atoms with E-state index in [0.29, 0.717) is 45.0 Å². The topological polar surface area (TPSA) is 77.1 Å². The highest BCUT2D eigenvalue weighted by atomic mass is 35.6. The molecule has 0 spiro atoms. The van der Waals surface area contributed by atoms with Gasteiger partial charge < -0.3 is 19.5 Å². The van der Waals surface area contributed by atoms with E-state index < -0.39 is 15.9 Å². The standard InChI is InChI=1S/C33H27Cl3N2O5S2/c1-41-26-15-12-21(18-27(26)42-2)16-17-38-30(40)28(45-32(38)44)19-20-10-13-23(14-11-20)43-31(33(34,35)36)37-29(39)25-9-5-7-22-6-3-4-8-24(22)25/h3-15,18-19,31H,16-17H2,1-2H3,(H,37,39)/b28-19-/t31-/m1/s1. The Morgan fingerprint density at radius 2 is 1.69 bits per heavy atom. The summed E-state index contributed by atoms with van der Waals surface area (Å²) < 4.78 is 15.1. The monoisotopic (exact) mass is 700 g/mol. The molecule has 12 heteroatoms. The van der Waals surface area contributed by atoms with E-state index in [-0.39, 0.29) is 5.91 Å². The van der Waals surface area contributed by atoms with Gasteiger partial charge in [0.15, 0.2) is 11.5 Å². The molecule has 45 heavy (non-hydrogen) atoms. The van der Waals surface area contributed by atoms with E-state index in [2.05, 4.69) is 5.32 Å². The molecular formula is C33H27Cl3N2O5S2. The van der Waals surface area contributed by atoms with Gasteiger partial charge in [-0.15, -0.1) is 0 Å². The minimum Gasteiger partial charge on any atom is -0.493 e. The molecular weight excluding hydrogens is 675 g/mol. The van der Waals surface area contributed by atoms with Crippen LogP contribution in [0.4, 0.5) is 0 Å². The summed E-state index contributed by atoms with van der Waals surface area (Å²) in [4.78, 5) is 28.5. The summed E-state index contributed by atoms with van der Waals surface area (Å²) in [5.41, 5.74) is 2.16. The average molecular weight is 702 g/mol. The lowest BCUT2D eigenvalue weighted by Crippen LogP contribution is -2.47. The highest BCUT2D eigenvalue weighted by Crippen LogP contribution is 2.35. The maximum atomic E-state index is 13.2. The number of benzene rings is 4. The van der Waals surface area contributed by atoms with Gasteiger partial charge in [0.1, 0.15) is 10.1 Å². The zero-order valence-corrected chi connectivity index (χ0v) is 28.0. The number of nitrogens with zero attached hydrogens (tertiary/aromatic N) is 1. The first kappa shape index (κ1) is 32.9. The predicted molar refractivity (Wildman–Crippen MR) is 186 cm³/mol. The minimum atomic E-state index is -1.97. The summed E-state index contributed by atoms with van der Waals surface area (Å²) in [6, 6.07) is 25.4. The van der Waals surface area contributed by atoms with Crippen molar-refractivity contribution in [1.82, 2.24) is 10.2 Å². The van der Waals surface area contributed by atoms with E-state index in [1.807, 2.05) is 48.5 Å². The number of fused-ring (bicyclic) bond motifs is 1. The van der Waals surface area contributed by atoms with E-state index in [0.717, 1.165) is 21.9 Å². The molecule has 7 nitrogen and oxygen atoms in total. The van der Waals surface area contributed by atoms with Gasteiger partial charge in [-0.05, 0) is 64.7 Å². The van der Waals surface area contributed by atoms with E-state index in [4.69, 9.17) is 61.2 Å². The number of hydrogen-bond acceptors (Lipinski definition) is 7. The Bertz CT molecular complexity index is 1770. The quantitative estimate of drug-likeness (QED) is 0.0783. The van der Waals surface area contributed by atoms with Crippen LogP contribution in [-0.4, -0.2) is 51.8 Å². The first-order chi connectivity index (χ1) is 21.6. The molecule has 1 fully saturated rings. The number of thioether (sulfide) groups is 1. The van der Waals surface area contributed by atoms with Gasteiger partial charge in [0, 0.05) is 12.1 Å². The molecule has 0 radical (unpaired) electrons. The molecule has 5 rings (SSSR count). The Hall–Kier alpha value is -3.47. The Morgan fingerprint density at radius 3 is 2.40 bits per heavy atom. The molecule has 0 aromatic heterocycles. The Morgan fingerprint density at radius 1 is 0.978 bits per heavy atom. The first-order valence-electron chi connectivity index (χ1n) is 13.7. The molecule has 1 saturated heterocycles. The summed E-state index contributed by atoms with van der Waals surface area (Å²) in [5.74, 6) is 0.995. The summed E-state index contributed by atoms with van der Waals surface area (Å²) >= 11 is 25.3. The van der Waals surface area contributed by atoms with Crippen LogP contribution < -0.4 is 19.5 Å². The summed E-state index contributed by atoms with van der Waals surface area (Å²) in [6.07, 6.45) is 1.06. The van der Waals surface area contributed by atoms with Crippen molar-refractivity contribution < 1.29 is 23.8 Å². The van der Waals surface area contributed by atoms with Crippen LogP contribution in [0.5, 0.6) is 17.2 Å². The number of carbonyl (C=O) groups is 2. The lowest BCUT2D eigenvalue weighted by Gasteiger charge is -2.26. The fourth-order valence-corrected chi connectivity index (χ4v) is 6.30. The van der Waals surface area contributed by atoms with Crippen molar-refractivity contribution in [1.29, 1.82) is 0 Å². The average Bonchev–Trinajstić information content (AvgIpc) is 3.30. The normalized spacial score (nSPS) is 15.0. The Kier molecular flexibility index (Phi) is 10.5. The second-order valence-corrected chi connectivity index (χ2v) is 13.9. The van der Waals surface area contributed by atoms with Gasteiger partial charge in [-0.1, -0.05) is 113 Å². The third-order valence-electron chi connectivity index (χ3n) is 6.97. The van der Waals surface area contributed by atoms with Gasteiger partial charge in [0.25, 0.3) is 11.8 Å². The van der Waals surface area contributed by atoms with Gasteiger partial charge in [-0.2, -0.15) is 0 Å². The molecule has 1 atom stereocenters. The number of rotatable bonds is 10. The first-order valence-corrected chi connectivity index (χ1v) is 16.0. The van der Waals surface area contributed by atoms with E-state index in [1.165, 1.54) is 11.8 Å². The van der Waals surface area contributed by atoms with E-state index >= 15 is 0 Å². The highest BCUT2D eigenvalue weighted by molar-refractivity contribution is 8.26. The van der Waals surface area contributed by atoms with Crippen molar-refractivity contribution in [3.63, 3.8) is 0 Å². The molecule has 0 saturated carbocycles. The summed E-state index contributed by atoms with van der Waals surface area (Å²) in [6.45, 7) is 0.424. The third kappa shape index (κ3) is 7.85. The molecule has 1 heterocycles. The molecule has 4 aromatic carbocycles. The van der Waals surface area contributed by atoms with Crippen molar-refractivity contribution in [3.8, 4) is 17.2 Å². The van der Waals surface area contributed by atoms with Crippen molar-refractivity contribution >= 4 is 91.8 Å². The van der Waals surface area contributed by atoms with Crippen molar-refractivity contribution in [3.05, 3.63) is 107 Å². The number of halogens is 3. The van der Waals surface area contributed by atoms with Gasteiger partial charge >= 0.3 is 0 Å². The number of hydrogen-bond donors (Lipinski definition) is 1. The molecule has 0 unspecified atom stereocenters. The number of ether oxygens (including phenoxy) is 3. The van der Waals surface area contributed by atoms with Gasteiger partial charge in [-0.25, -0.2) is 0 Å². The molecule has 0 aliphatic carbocycles. The SMILES string of the molecule is COc1ccc(CCN2C(=O)/C(=C/c3ccc(O[C@@H](NC(=O)c4cccc5ccccc45)C(Cl)(Cl)Cl)cc3)SC2=S)cc1OC. The van der Waals surface area contributed by atoms with Crippen LogP contribution in [-0.2, 0) is 11.2 Å². The molecule has 0 bridgehead atoms. The fraction of sp³-hybridized carbons (Fsp3) is 0.182. The Labute approximate surface area is 285 Å². The third-order valence-corrected chi connectivity index (χ3v) is 8.94. The number of carbonyl (C=O) groups excluding carboxylic acids is 2. The second kappa shape index (κ2) is 14.3. The van der Waals surface area contributed by atoms with E-state index in [9.17, 15) is 9.59 Å². The van der Waals surface area contributed by atoms with Crippen molar-refractivity contribution in [2.45, 2.75) is 16.4 Å². The number of alkyl halides is 3. The van der Waals surface area contributed by atoms with Crippen LogP contribution in [0, 0.1) is 0 Å². The zero-order chi connectivity index (χ0) is 32.1. The van der Waals surface area contributed by atoms with Crippen molar-refractivity contribution in [2.75, 3.05) is 20.8 Å². The number of nitrogens with one attached hydrogen (secondary N) is 1. The molecule has 232 valence electrons. The van der Waals surface area contributed by atoms with Gasteiger partial charge in [0.2, 0.25) is 10.0 Å². The number of methoxy groups -OCH3 is 2. The molecule has 2 amide bonds. The van der Waals surface area contributed by atoms with Gasteiger partial charge in [0.05, 0.1) is 19.1 Å². The smallest absolute Gasteiger partial charge is 0.266 e. The highest BCUT2D eigenvalue weighted by Gasteiger charge is 2.37. The van der Waals surface area contributed by atoms with Crippen LogP contribution in [0.2, 0.25) is 0 Å². The number of amides is 2. The van der Waals surface area contributed by atoms with Crippen LogP contribution >= 0.6 is 58.8 Å². The summed E-state index contributed by atoms with van der Waals surface area (Å²) in [7, 11) is 3.16. The lowest BCUT2D eigenvalue weighted by atomic mass is 10.0. The largest absolute Gasteiger partial charge is 0.493 e. The van der Waals surface area contributed by atoms with Crippen LogP contribution in [0.15, 0.2) is 89.8 Å². The van der Waals surface area contributed by atoms with Crippen LogP contribution in [0.25, 0.3) is 16.8 Å². The van der Waals surface area contributed by atoms with Gasteiger partial charge in [-0.3, -0.25) is 14.5 Å². The lowest BCUT2D eigenvalue weighted by molar-refractivity contribution is -0.122. The predicted octanol–water partition coefficient (Wildman–Crippen LogP) is 7.81. The fourth-order valence-electron chi connectivity index (χ4n) is 4.70. The van der Waals surface area contributed by atoms with Crippen LogP contribution in [0.3, 0.4) is 0 Å². The molecule has 1 aliphatic rings. The number of thiocarbonyl (C=S) groups is 1. The molecule has 4 aromatic rings. The maximum Gasteiger partial charge on any atom is 0.266 e. The molecule has 1 N–H and O–H groups in total. The summed E-state index contributed by atoms with van der Waals surface area (Å²) in [5, 5.41) is 4.35. The van der Waals surface area contributed by atoms with Crippen LogP contribution in [0.1, 0.15) is 21.5 Å². The minimum absolute atomic E-state index is 0.168. The van der Waals surface area contributed by atoms with E-state index in [1.54, 1.807) is 61.6 Å². The molecule has 1 aliphatic heterocycles. The second-order valence-electron chi connectivity index (χ2n) is 9.88. The Balaban J connectivity index is 1.24. The zero-order valence-electron chi connectivity index (χ0n) is 24.1.